The minimum atomic E-state index is 0.800. The maximum atomic E-state index is 5.34. The molecule has 1 aliphatic heterocycles. The van der Waals surface area contributed by atoms with Crippen molar-refractivity contribution in [3.63, 3.8) is 0 Å². The highest BCUT2D eigenvalue weighted by Gasteiger charge is 2.17. The molecule has 1 N–H and O–H groups in total. The largest absolute Gasteiger partial charge is 0.468 e. The number of furan rings is 1. The first-order valence-corrected chi connectivity index (χ1v) is 5.26. The molecule has 2 nitrogen and oxygen atoms in total. The van der Waals surface area contributed by atoms with E-state index in [1.807, 2.05) is 17.8 Å². The van der Waals surface area contributed by atoms with Crippen molar-refractivity contribution < 1.29 is 4.42 Å². The lowest BCUT2D eigenvalue weighted by Crippen LogP contribution is -2.44. The van der Waals surface area contributed by atoms with E-state index in [4.69, 9.17) is 4.42 Å². The zero-order valence-corrected chi connectivity index (χ0v) is 7.99. The summed E-state index contributed by atoms with van der Waals surface area (Å²) in [5, 5.41) is 4.05. The number of rotatable bonds is 3. The van der Waals surface area contributed by atoms with Gasteiger partial charge in [-0.2, -0.15) is 0 Å². The van der Waals surface area contributed by atoms with E-state index < -0.39 is 0 Å². The predicted molar refractivity (Wildman–Crippen MR) is 51.4 cm³/mol. The van der Waals surface area contributed by atoms with Crippen molar-refractivity contribution in [3.05, 3.63) is 23.7 Å². The summed E-state index contributed by atoms with van der Waals surface area (Å²) in [6, 6.07) is 2.02. The van der Waals surface area contributed by atoms with Gasteiger partial charge in [-0.1, -0.05) is 0 Å². The van der Waals surface area contributed by atoms with Crippen molar-refractivity contribution in [2.24, 2.45) is 0 Å². The van der Waals surface area contributed by atoms with Crippen molar-refractivity contribution in [2.45, 2.75) is 17.9 Å². The third-order valence-corrected chi connectivity index (χ3v) is 3.40. The normalized spacial score (nSPS) is 17.8. The van der Waals surface area contributed by atoms with Crippen LogP contribution in [0.3, 0.4) is 0 Å². The van der Waals surface area contributed by atoms with Crippen molar-refractivity contribution in [1.29, 1.82) is 0 Å². The molecule has 2 rings (SSSR count). The Morgan fingerprint density at radius 1 is 1.67 bits per heavy atom. The molecule has 1 fully saturated rings. The summed E-state index contributed by atoms with van der Waals surface area (Å²) < 4.78 is 5.34. The van der Waals surface area contributed by atoms with Crippen LogP contribution in [0.4, 0.5) is 0 Å². The molecule has 1 aromatic rings. The molecule has 0 radical (unpaired) electrons. The average molecular weight is 183 g/mol. The summed E-state index contributed by atoms with van der Waals surface area (Å²) in [6.45, 7) is 4.41. The van der Waals surface area contributed by atoms with Gasteiger partial charge < -0.3 is 9.73 Å². The summed E-state index contributed by atoms with van der Waals surface area (Å²) in [7, 11) is 0. The van der Waals surface area contributed by atoms with E-state index in [1.54, 1.807) is 6.26 Å². The van der Waals surface area contributed by atoms with Gasteiger partial charge in [0, 0.05) is 18.3 Å². The fourth-order valence-electron chi connectivity index (χ4n) is 1.13. The van der Waals surface area contributed by atoms with Gasteiger partial charge in [-0.15, -0.1) is 11.8 Å². The van der Waals surface area contributed by atoms with E-state index in [2.05, 4.69) is 12.2 Å². The molecular weight excluding hydrogens is 170 g/mol. The lowest BCUT2D eigenvalue weighted by atomic mass is 10.3. The topological polar surface area (TPSA) is 25.2 Å². The van der Waals surface area contributed by atoms with Crippen LogP contribution in [-0.4, -0.2) is 18.3 Å². The second kappa shape index (κ2) is 3.54. The number of hydrogen-bond acceptors (Lipinski definition) is 3. The zero-order valence-electron chi connectivity index (χ0n) is 7.17. The third kappa shape index (κ3) is 1.67. The van der Waals surface area contributed by atoms with Crippen molar-refractivity contribution in [1.82, 2.24) is 5.32 Å². The van der Waals surface area contributed by atoms with E-state index in [0.717, 1.165) is 29.9 Å². The average Bonchev–Trinajstić information content (AvgIpc) is 2.33. The Labute approximate surface area is 76.7 Å². The van der Waals surface area contributed by atoms with E-state index >= 15 is 0 Å². The van der Waals surface area contributed by atoms with Crippen LogP contribution in [0, 0.1) is 6.92 Å². The molecule has 66 valence electrons. The third-order valence-electron chi connectivity index (χ3n) is 2.16. The minimum absolute atomic E-state index is 0.800. The first-order valence-electron chi connectivity index (χ1n) is 4.21. The van der Waals surface area contributed by atoms with Crippen LogP contribution in [0.5, 0.6) is 0 Å². The Balaban J connectivity index is 1.82. The fraction of sp³-hybridized carbons (Fsp3) is 0.556. The van der Waals surface area contributed by atoms with Crippen LogP contribution in [0.15, 0.2) is 16.7 Å². The molecule has 12 heavy (non-hydrogen) atoms. The van der Waals surface area contributed by atoms with Crippen molar-refractivity contribution in [2.75, 3.05) is 13.1 Å². The Bertz CT molecular complexity index is 255. The maximum absolute atomic E-state index is 5.34. The minimum Gasteiger partial charge on any atom is -0.468 e. The molecule has 0 unspecified atom stereocenters. The molecule has 0 atom stereocenters. The first-order chi connectivity index (χ1) is 5.86. The molecule has 1 aromatic heterocycles. The van der Waals surface area contributed by atoms with E-state index in [0.29, 0.717) is 0 Å². The summed E-state index contributed by atoms with van der Waals surface area (Å²) in [5.74, 6) is 2.15. The molecule has 0 aromatic carbocycles. The number of nitrogens with one attached hydrogen (secondary N) is 1. The second-order valence-corrected chi connectivity index (χ2v) is 4.41. The van der Waals surface area contributed by atoms with E-state index in [9.17, 15) is 0 Å². The van der Waals surface area contributed by atoms with Gasteiger partial charge >= 0.3 is 0 Å². The molecule has 0 bridgehead atoms. The van der Waals surface area contributed by atoms with Gasteiger partial charge in [0.05, 0.1) is 12.0 Å². The smallest absolute Gasteiger partial charge is 0.116 e. The molecule has 2 heterocycles. The molecule has 1 aliphatic rings. The van der Waals surface area contributed by atoms with Crippen molar-refractivity contribution in [3.8, 4) is 0 Å². The van der Waals surface area contributed by atoms with Crippen molar-refractivity contribution >= 4 is 11.8 Å². The standard InChI is InChI=1S/C9H13NOS/c1-7-2-3-11-9(7)6-12-8-4-10-5-8/h2-3,8,10H,4-6H2,1H3. The Morgan fingerprint density at radius 3 is 3.00 bits per heavy atom. The highest BCUT2D eigenvalue weighted by atomic mass is 32.2. The van der Waals surface area contributed by atoms with Crippen LogP contribution >= 0.6 is 11.8 Å². The molecule has 0 spiro atoms. The second-order valence-electron chi connectivity index (χ2n) is 3.12. The van der Waals surface area contributed by atoms with E-state index in [1.165, 1.54) is 5.56 Å². The molecule has 3 heteroatoms. The van der Waals surface area contributed by atoms with Gasteiger partial charge in [-0.05, 0) is 18.6 Å². The zero-order chi connectivity index (χ0) is 8.39. The van der Waals surface area contributed by atoms with Gasteiger partial charge in [-0.3, -0.25) is 0 Å². The van der Waals surface area contributed by atoms with Gasteiger partial charge in [0.1, 0.15) is 5.76 Å². The SMILES string of the molecule is Cc1ccoc1CSC1CNC1. The fourth-order valence-corrected chi connectivity index (χ4v) is 2.28. The maximum Gasteiger partial charge on any atom is 0.116 e. The lowest BCUT2D eigenvalue weighted by Gasteiger charge is -2.25. The monoisotopic (exact) mass is 183 g/mol. The molecular formula is C9H13NOS. The van der Waals surface area contributed by atoms with Crippen LogP contribution in [0.2, 0.25) is 0 Å². The van der Waals surface area contributed by atoms with E-state index in [-0.39, 0.29) is 0 Å². The van der Waals surface area contributed by atoms with Crippen LogP contribution < -0.4 is 5.32 Å². The lowest BCUT2D eigenvalue weighted by molar-refractivity contribution is 0.522. The Morgan fingerprint density at radius 2 is 2.50 bits per heavy atom. The Kier molecular flexibility index (Phi) is 2.42. The summed E-state index contributed by atoms with van der Waals surface area (Å²) in [4.78, 5) is 0. The summed E-state index contributed by atoms with van der Waals surface area (Å²) >= 11 is 1.98. The van der Waals surface area contributed by atoms with Gasteiger partial charge in [0.25, 0.3) is 0 Å². The summed E-state index contributed by atoms with van der Waals surface area (Å²) in [5.41, 5.74) is 1.27. The molecule has 0 amide bonds. The number of aryl methyl sites for hydroxylation is 1. The molecule has 0 aliphatic carbocycles. The summed E-state index contributed by atoms with van der Waals surface area (Å²) in [6.07, 6.45) is 1.77. The number of hydrogen-bond donors (Lipinski definition) is 1. The van der Waals surface area contributed by atoms with Crippen LogP contribution in [0.1, 0.15) is 11.3 Å². The molecule has 0 saturated carbocycles. The number of thioether (sulfide) groups is 1. The first kappa shape index (κ1) is 8.20. The van der Waals surface area contributed by atoms with Crippen LogP contribution in [0.25, 0.3) is 0 Å². The van der Waals surface area contributed by atoms with Gasteiger partial charge in [0.15, 0.2) is 0 Å². The highest BCUT2D eigenvalue weighted by Crippen LogP contribution is 2.22. The quantitative estimate of drug-likeness (QED) is 0.773. The highest BCUT2D eigenvalue weighted by molar-refractivity contribution is 7.99. The molecule has 1 saturated heterocycles. The predicted octanol–water partition coefficient (Wildman–Crippen LogP) is 1.79. The van der Waals surface area contributed by atoms with Crippen LogP contribution in [-0.2, 0) is 5.75 Å². The van der Waals surface area contributed by atoms with Gasteiger partial charge in [-0.25, -0.2) is 0 Å². The van der Waals surface area contributed by atoms with Gasteiger partial charge in [0.2, 0.25) is 0 Å². The Hall–Kier alpha value is -0.410.